The molecule has 7 nitrogen and oxygen atoms in total. The van der Waals surface area contributed by atoms with Crippen LogP contribution in [0, 0.1) is 5.92 Å². The van der Waals surface area contributed by atoms with Crippen molar-refractivity contribution in [3.63, 3.8) is 0 Å². The number of urea groups is 1. The lowest BCUT2D eigenvalue weighted by Crippen LogP contribution is -2.55. The van der Waals surface area contributed by atoms with Gasteiger partial charge in [-0.3, -0.25) is 9.59 Å². The maximum atomic E-state index is 12.5. The van der Waals surface area contributed by atoms with Crippen LogP contribution in [0.1, 0.15) is 26.2 Å². The van der Waals surface area contributed by atoms with Gasteiger partial charge in [-0.1, -0.05) is 0 Å². The molecule has 1 aliphatic heterocycles. The SMILES string of the molecule is CSCCC(NC(N)=O)C(=O)N1CCC(C(=O)O)CC1C. The zero-order valence-electron chi connectivity index (χ0n) is 12.4. The van der Waals surface area contributed by atoms with Crippen LogP contribution in [0.5, 0.6) is 0 Å². The summed E-state index contributed by atoms with van der Waals surface area (Å²) in [6.45, 7) is 2.23. The van der Waals surface area contributed by atoms with E-state index in [1.54, 1.807) is 16.7 Å². The topological polar surface area (TPSA) is 113 Å². The standard InChI is InChI=1S/C13H23N3O4S/c1-8-7-9(12(18)19)3-5-16(8)11(17)10(4-6-21-2)15-13(14)20/h8-10H,3-7H2,1-2H3,(H,18,19)(H3,14,15,20). The molecule has 0 aliphatic carbocycles. The predicted octanol–water partition coefficient (Wildman–Crippen LogP) is 0.488. The monoisotopic (exact) mass is 317 g/mol. The number of hydrogen-bond acceptors (Lipinski definition) is 4. The third kappa shape index (κ3) is 5.11. The number of piperidine rings is 1. The zero-order valence-corrected chi connectivity index (χ0v) is 13.2. The van der Waals surface area contributed by atoms with E-state index in [2.05, 4.69) is 5.32 Å². The molecule has 1 fully saturated rings. The summed E-state index contributed by atoms with van der Waals surface area (Å²) in [5.41, 5.74) is 5.12. The molecule has 0 bridgehead atoms. The van der Waals surface area contributed by atoms with Crippen molar-refractivity contribution in [2.24, 2.45) is 11.7 Å². The molecular formula is C13H23N3O4S. The fraction of sp³-hybridized carbons (Fsp3) is 0.769. The molecule has 120 valence electrons. The highest BCUT2D eigenvalue weighted by atomic mass is 32.2. The Hall–Kier alpha value is -1.44. The Morgan fingerprint density at radius 3 is 2.62 bits per heavy atom. The molecule has 3 atom stereocenters. The first-order valence-electron chi connectivity index (χ1n) is 6.95. The highest BCUT2D eigenvalue weighted by Gasteiger charge is 2.35. The van der Waals surface area contributed by atoms with Crippen LogP contribution in [0.2, 0.25) is 0 Å². The number of primary amides is 1. The van der Waals surface area contributed by atoms with Gasteiger partial charge in [-0.15, -0.1) is 0 Å². The molecule has 0 saturated carbocycles. The number of nitrogens with two attached hydrogens (primary N) is 1. The van der Waals surface area contributed by atoms with Crippen LogP contribution in [-0.4, -0.2) is 58.6 Å². The molecule has 0 aromatic rings. The summed E-state index contributed by atoms with van der Waals surface area (Å²) >= 11 is 1.59. The van der Waals surface area contributed by atoms with Gasteiger partial charge in [0.1, 0.15) is 6.04 Å². The van der Waals surface area contributed by atoms with E-state index in [0.717, 1.165) is 5.75 Å². The Morgan fingerprint density at radius 1 is 1.48 bits per heavy atom. The third-order valence-electron chi connectivity index (χ3n) is 3.73. The third-order valence-corrected chi connectivity index (χ3v) is 4.38. The first kappa shape index (κ1) is 17.6. The highest BCUT2D eigenvalue weighted by molar-refractivity contribution is 7.98. The van der Waals surface area contributed by atoms with E-state index in [1.807, 2.05) is 13.2 Å². The van der Waals surface area contributed by atoms with Crippen LogP contribution >= 0.6 is 11.8 Å². The van der Waals surface area contributed by atoms with E-state index in [-0.39, 0.29) is 11.9 Å². The van der Waals surface area contributed by atoms with Gasteiger partial charge in [0.25, 0.3) is 0 Å². The summed E-state index contributed by atoms with van der Waals surface area (Å²) in [5.74, 6) is -0.670. The van der Waals surface area contributed by atoms with E-state index < -0.39 is 24.0 Å². The fourth-order valence-electron chi connectivity index (χ4n) is 2.59. The van der Waals surface area contributed by atoms with Gasteiger partial charge >= 0.3 is 12.0 Å². The largest absolute Gasteiger partial charge is 0.481 e. The molecule has 21 heavy (non-hydrogen) atoms. The first-order chi connectivity index (χ1) is 9.86. The minimum absolute atomic E-state index is 0.154. The van der Waals surface area contributed by atoms with E-state index >= 15 is 0 Å². The number of carboxylic acids is 1. The lowest BCUT2D eigenvalue weighted by Gasteiger charge is -2.38. The van der Waals surface area contributed by atoms with Crippen molar-refractivity contribution < 1.29 is 19.5 Å². The number of hydrogen-bond donors (Lipinski definition) is 3. The number of amides is 3. The van der Waals surface area contributed by atoms with Gasteiger partial charge in [0.2, 0.25) is 5.91 Å². The van der Waals surface area contributed by atoms with Crippen LogP contribution in [-0.2, 0) is 9.59 Å². The van der Waals surface area contributed by atoms with Gasteiger partial charge in [0, 0.05) is 12.6 Å². The molecule has 3 unspecified atom stereocenters. The predicted molar refractivity (Wildman–Crippen MR) is 81.0 cm³/mol. The number of carbonyl (C=O) groups excluding carboxylic acids is 2. The number of rotatable bonds is 6. The maximum Gasteiger partial charge on any atom is 0.312 e. The maximum absolute atomic E-state index is 12.5. The van der Waals surface area contributed by atoms with Crippen LogP contribution in [0.15, 0.2) is 0 Å². The Balaban J connectivity index is 2.70. The minimum Gasteiger partial charge on any atom is -0.481 e. The summed E-state index contributed by atoms with van der Waals surface area (Å²) in [6.07, 6.45) is 3.31. The highest BCUT2D eigenvalue weighted by Crippen LogP contribution is 2.24. The summed E-state index contributed by atoms with van der Waals surface area (Å²) in [6, 6.07) is -1.51. The van der Waals surface area contributed by atoms with Crippen molar-refractivity contribution in [2.45, 2.75) is 38.3 Å². The molecule has 8 heteroatoms. The van der Waals surface area contributed by atoms with Crippen molar-refractivity contribution in [3.8, 4) is 0 Å². The first-order valence-corrected chi connectivity index (χ1v) is 8.34. The molecule has 1 saturated heterocycles. The minimum atomic E-state index is -0.817. The van der Waals surface area contributed by atoms with E-state index in [0.29, 0.717) is 25.8 Å². The number of likely N-dealkylation sites (tertiary alicyclic amines) is 1. The van der Waals surface area contributed by atoms with Crippen molar-refractivity contribution in [1.29, 1.82) is 0 Å². The number of nitrogens with one attached hydrogen (secondary N) is 1. The van der Waals surface area contributed by atoms with Gasteiger partial charge in [0.15, 0.2) is 0 Å². The summed E-state index contributed by atoms with van der Waals surface area (Å²) in [4.78, 5) is 36.2. The van der Waals surface area contributed by atoms with Gasteiger partial charge in [-0.2, -0.15) is 11.8 Å². The van der Waals surface area contributed by atoms with E-state index in [9.17, 15) is 14.4 Å². The normalized spacial score (nSPS) is 23.4. The molecule has 0 aromatic heterocycles. The van der Waals surface area contributed by atoms with Crippen molar-refractivity contribution in [2.75, 3.05) is 18.6 Å². The van der Waals surface area contributed by atoms with Gasteiger partial charge in [0.05, 0.1) is 5.92 Å². The molecule has 1 aliphatic rings. The summed E-state index contributed by atoms with van der Waals surface area (Å²) in [7, 11) is 0. The second-order valence-electron chi connectivity index (χ2n) is 5.28. The van der Waals surface area contributed by atoms with E-state index in [4.69, 9.17) is 10.8 Å². The Morgan fingerprint density at radius 2 is 2.14 bits per heavy atom. The molecule has 0 spiro atoms. The van der Waals surface area contributed by atoms with Crippen LogP contribution in [0.3, 0.4) is 0 Å². The Labute approximate surface area is 128 Å². The van der Waals surface area contributed by atoms with Gasteiger partial charge in [-0.25, -0.2) is 4.79 Å². The molecule has 0 aromatic carbocycles. The molecular weight excluding hydrogens is 294 g/mol. The molecule has 3 amide bonds. The number of thioether (sulfide) groups is 1. The molecule has 1 heterocycles. The Bertz CT molecular complexity index is 405. The molecule has 4 N–H and O–H groups in total. The molecule has 1 rings (SSSR count). The number of carboxylic acid groups (broad SMARTS) is 1. The second kappa shape index (κ2) is 8.11. The summed E-state index contributed by atoms with van der Waals surface area (Å²) in [5, 5.41) is 11.5. The van der Waals surface area contributed by atoms with E-state index in [1.165, 1.54) is 0 Å². The lowest BCUT2D eigenvalue weighted by atomic mass is 9.91. The van der Waals surface area contributed by atoms with Gasteiger partial charge < -0.3 is 21.1 Å². The zero-order chi connectivity index (χ0) is 16.0. The van der Waals surface area contributed by atoms with Crippen molar-refractivity contribution in [1.82, 2.24) is 10.2 Å². The second-order valence-corrected chi connectivity index (χ2v) is 6.27. The number of nitrogens with zero attached hydrogens (tertiary/aromatic N) is 1. The van der Waals surface area contributed by atoms with Gasteiger partial charge in [-0.05, 0) is 38.2 Å². The van der Waals surface area contributed by atoms with Crippen molar-refractivity contribution in [3.05, 3.63) is 0 Å². The average Bonchev–Trinajstić information content (AvgIpc) is 2.42. The quantitative estimate of drug-likeness (QED) is 0.660. The smallest absolute Gasteiger partial charge is 0.312 e. The number of aliphatic carboxylic acids is 1. The number of carbonyl (C=O) groups is 3. The summed E-state index contributed by atoms with van der Waals surface area (Å²) < 4.78 is 0. The Kier molecular flexibility index (Phi) is 6.80. The van der Waals surface area contributed by atoms with Crippen LogP contribution in [0.25, 0.3) is 0 Å². The molecule has 0 radical (unpaired) electrons. The van der Waals surface area contributed by atoms with Crippen LogP contribution in [0.4, 0.5) is 4.79 Å². The van der Waals surface area contributed by atoms with Crippen LogP contribution < -0.4 is 11.1 Å². The fourth-order valence-corrected chi connectivity index (χ4v) is 3.06. The average molecular weight is 317 g/mol. The lowest BCUT2D eigenvalue weighted by molar-refractivity contribution is -0.148. The van der Waals surface area contributed by atoms with Crippen molar-refractivity contribution >= 4 is 29.7 Å².